The van der Waals surface area contributed by atoms with E-state index in [2.05, 4.69) is 5.32 Å². The molecule has 1 aliphatic rings. The number of hydrogen-bond donors (Lipinski definition) is 2. The van der Waals surface area contributed by atoms with Crippen LogP contribution in [0.3, 0.4) is 0 Å². The number of piperidine rings is 1. The number of halogens is 1. The fourth-order valence-electron chi connectivity index (χ4n) is 2.41. The lowest BCUT2D eigenvalue weighted by molar-refractivity contribution is -0.0143. The smallest absolute Gasteiger partial charge is 0.253 e. The van der Waals surface area contributed by atoms with Crippen LogP contribution >= 0.6 is 0 Å². The van der Waals surface area contributed by atoms with Crippen molar-refractivity contribution in [2.75, 3.05) is 26.7 Å². The van der Waals surface area contributed by atoms with E-state index in [-0.39, 0.29) is 11.7 Å². The van der Waals surface area contributed by atoms with Crippen LogP contribution in [0.4, 0.5) is 4.39 Å². The van der Waals surface area contributed by atoms with Gasteiger partial charge in [0.2, 0.25) is 0 Å². The summed E-state index contributed by atoms with van der Waals surface area (Å²) in [6.45, 7) is 1.58. The number of nitrogens with one attached hydrogen (secondary N) is 1. The first-order valence-corrected chi connectivity index (χ1v) is 6.46. The molecule has 2 N–H and O–H groups in total. The van der Waals surface area contributed by atoms with E-state index in [1.807, 2.05) is 0 Å². The molecular formula is C14H19FN2O2. The van der Waals surface area contributed by atoms with Gasteiger partial charge in [0.15, 0.2) is 0 Å². The third-order valence-corrected chi connectivity index (χ3v) is 3.58. The van der Waals surface area contributed by atoms with Gasteiger partial charge in [-0.15, -0.1) is 0 Å². The molecule has 0 saturated carbocycles. The Balaban J connectivity index is 1.98. The van der Waals surface area contributed by atoms with Gasteiger partial charge in [-0.3, -0.25) is 4.79 Å². The van der Waals surface area contributed by atoms with E-state index >= 15 is 0 Å². The van der Waals surface area contributed by atoms with Gasteiger partial charge in [0.25, 0.3) is 5.91 Å². The lowest BCUT2D eigenvalue weighted by Gasteiger charge is -2.38. The number of hydrogen-bond acceptors (Lipinski definition) is 3. The molecule has 1 aliphatic heterocycles. The average Bonchev–Trinajstić information content (AvgIpc) is 2.40. The van der Waals surface area contributed by atoms with Gasteiger partial charge in [-0.2, -0.15) is 0 Å². The number of likely N-dealkylation sites (N-methyl/N-ethyl adjacent to an activating group) is 1. The molecule has 19 heavy (non-hydrogen) atoms. The van der Waals surface area contributed by atoms with Crippen LogP contribution in [0.5, 0.6) is 0 Å². The summed E-state index contributed by atoms with van der Waals surface area (Å²) < 4.78 is 12.8. The van der Waals surface area contributed by atoms with Crippen molar-refractivity contribution in [3.8, 4) is 0 Å². The molecule has 1 fully saturated rings. The number of rotatable bonds is 3. The van der Waals surface area contributed by atoms with Crippen LogP contribution in [-0.2, 0) is 0 Å². The second-order valence-corrected chi connectivity index (χ2v) is 5.05. The molecule has 0 unspecified atom stereocenters. The quantitative estimate of drug-likeness (QED) is 0.858. The fraction of sp³-hybridized carbons (Fsp3) is 0.500. The summed E-state index contributed by atoms with van der Waals surface area (Å²) in [5.74, 6) is -0.454. The average molecular weight is 266 g/mol. The first kappa shape index (κ1) is 14.0. The summed E-state index contributed by atoms with van der Waals surface area (Å²) in [5, 5.41) is 13.2. The SMILES string of the molecule is CNCC1(O)CCN(C(=O)c2ccc(F)cc2)CC1. The summed E-state index contributed by atoms with van der Waals surface area (Å²) >= 11 is 0. The van der Waals surface area contributed by atoms with Crippen molar-refractivity contribution in [3.63, 3.8) is 0 Å². The van der Waals surface area contributed by atoms with Crippen LogP contribution in [-0.4, -0.2) is 48.2 Å². The van der Waals surface area contributed by atoms with Crippen LogP contribution < -0.4 is 5.32 Å². The highest BCUT2D eigenvalue weighted by molar-refractivity contribution is 5.94. The number of amides is 1. The number of carbonyl (C=O) groups is 1. The molecule has 1 saturated heterocycles. The molecule has 104 valence electrons. The highest BCUT2D eigenvalue weighted by atomic mass is 19.1. The Kier molecular flexibility index (Phi) is 4.17. The fourth-order valence-corrected chi connectivity index (χ4v) is 2.41. The molecule has 0 spiro atoms. The Morgan fingerprint density at radius 3 is 2.47 bits per heavy atom. The minimum atomic E-state index is -0.728. The molecule has 0 aliphatic carbocycles. The molecule has 1 amide bonds. The van der Waals surface area contributed by atoms with E-state index in [1.54, 1.807) is 11.9 Å². The molecule has 1 heterocycles. The maximum atomic E-state index is 12.8. The van der Waals surface area contributed by atoms with Gasteiger partial charge in [0.1, 0.15) is 5.82 Å². The van der Waals surface area contributed by atoms with E-state index < -0.39 is 5.60 Å². The lowest BCUT2D eigenvalue weighted by Crippen LogP contribution is -2.50. The predicted octanol–water partition coefficient (Wildman–Crippen LogP) is 1.01. The van der Waals surface area contributed by atoms with E-state index in [1.165, 1.54) is 24.3 Å². The largest absolute Gasteiger partial charge is 0.388 e. The molecule has 1 aromatic rings. The third-order valence-electron chi connectivity index (χ3n) is 3.58. The van der Waals surface area contributed by atoms with E-state index in [4.69, 9.17) is 0 Å². The number of benzene rings is 1. The van der Waals surface area contributed by atoms with E-state index in [0.717, 1.165) is 0 Å². The summed E-state index contributed by atoms with van der Waals surface area (Å²) in [5.41, 5.74) is -0.241. The van der Waals surface area contributed by atoms with Crippen molar-refractivity contribution in [1.29, 1.82) is 0 Å². The van der Waals surface area contributed by atoms with Crippen molar-refractivity contribution in [2.24, 2.45) is 0 Å². The second kappa shape index (κ2) is 5.67. The molecule has 0 atom stereocenters. The Hall–Kier alpha value is -1.46. The molecule has 0 bridgehead atoms. The minimum absolute atomic E-state index is 0.105. The Bertz CT molecular complexity index is 439. The molecule has 0 radical (unpaired) electrons. The topological polar surface area (TPSA) is 52.6 Å². The molecule has 0 aromatic heterocycles. The van der Waals surface area contributed by atoms with Gasteiger partial charge < -0.3 is 15.3 Å². The number of aliphatic hydroxyl groups is 1. The van der Waals surface area contributed by atoms with E-state index in [9.17, 15) is 14.3 Å². The highest BCUT2D eigenvalue weighted by Crippen LogP contribution is 2.22. The second-order valence-electron chi connectivity index (χ2n) is 5.05. The standard InChI is InChI=1S/C14H19FN2O2/c1-16-10-14(19)6-8-17(9-7-14)13(18)11-2-4-12(15)5-3-11/h2-5,16,19H,6-10H2,1H3. The molecule has 1 aromatic carbocycles. The minimum Gasteiger partial charge on any atom is -0.388 e. The van der Waals surface area contributed by atoms with Crippen LogP contribution in [0.2, 0.25) is 0 Å². The van der Waals surface area contributed by atoms with Crippen molar-refractivity contribution >= 4 is 5.91 Å². The molecule has 5 heteroatoms. The van der Waals surface area contributed by atoms with Crippen LogP contribution in [0.25, 0.3) is 0 Å². The maximum absolute atomic E-state index is 12.8. The van der Waals surface area contributed by atoms with Gasteiger partial charge in [0.05, 0.1) is 5.60 Å². The molecule has 4 nitrogen and oxygen atoms in total. The van der Waals surface area contributed by atoms with Crippen molar-refractivity contribution in [2.45, 2.75) is 18.4 Å². The summed E-state index contributed by atoms with van der Waals surface area (Å²) in [6, 6.07) is 5.56. The monoisotopic (exact) mass is 266 g/mol. The van der Waals surface area contributed by atoms with Gasteiger partial charge in [0, 0.05) is 25.2 Å². The Morgan fingerprint density at radius 2 is 1.95 bits per heavy atom. The number of nitrogens with zero attached hydrogens (tertiary/aromatic N) is 1. The van der Waals surface area contributed by atoms with Gasteiger partial charge in [-0.1, -0.05) is 0 Å². The summed E-state index contributed by atoms with van der Waals surface area (Å²) in [6.07, 6.45) is 1.11. The van der Waals surface area contributed by atoms with Crippen molar-refractivity contribution < 1.29 is 14.3 Å². The summed E-state index contributed by atoms with van der Waals surface area (Å²) in [7, 11) is 1.80. The van der Waals surface area contributed by atoms with Crippen molar-refractivity contribution in [3.05, 3.63) is 35.6 Å². The first-order chi connectivity index (χ1) is 9.04. The number of likely N-dealkylation sites (tertiary alicyclic amines) is 1. The maximum Gasteiger partial charge on any atom is 0.253 e. The zero-order chi connectivity index (χ0) is 13.9. The van der Waals surface area contributed by atoms with Gasteiger partial charge >= 0.3 is 0 Å². The zero-order valence-corrected chi connectivity index (χ0v) is 11.0. The van der Waals surface area contributed by atoms with Crippen LogP contribution in [0.15, 0.2) is 24.3 Å². The van der Waals surface area contributed by atoms with Gasteiger partial charge in [-0.05, 0) is 44.2 Å². The summed E-state index contributed by atoms with van der Waals surface area (Å²) in [4.78, 5) is 13.9. The van der Waals surface area contributed by atoms with Gasteiger partial charge in [-0.25, -0.2) is 4.39 Å². The van der Waals surface area contributed by atoms with E-state index in [0.29, 0.717) is 38.0 Å². The van der Waals surface area contributed by atoms with Crippen molar-refractivity contribution in [1.82, 2.24) is 10.2 Å². The third kappa shape index (κ3) is 3.30. The molecule has 2 rings (SSSR count). The zero-order valence-electron chi connectivity index (χ0n) is 11.0. The number of carbonyl (C=O) groups excluding carboxylic acids is 1. The molecular weight excluding hydrogens is 247 g/mol. The Morgan fingerprint density at radius 1 is 1.37 bits per heavy atom. The first-order valence-electron chi connectivity index (χ1n) is 6.46. The Labute approximate surface area is 112 Å². The van der Waals surface area contributed by atoms with Crippen LogP contribution in [0, 0.1) is 5.82 Å². The highest BCUT2D eigenvalue weighted by Gasteiger charge is 2.33. The lowest BCUT2D eigenvalue weighted by atomic mass is 9.91. The normalized spacial score (nSPS) is 18.4. The van der Waals surface area contributed by atoms with Crippen LogP contribution in [0.1, 0.15) is 23.2 Å². The predicted molar refractivity (Wildman–Crippen MR) is 70.4 cm³/mol.